The van der Waals surface area contributed by atoms with Crippen LogP contribution in [-0.2, 0) is 6.18 Å². The van der Waals surface area contributed by atoms with E-state index in [0.29, 0.717) is 32.4 Å². The van der Waals surface area contributed by atoms with Crippen LogP contribution in [0.3, 0.4) is 0 Å². The quantitative estimate of drug-likeness (QED) is 0.272. The number of piperazine rings is 1. The second-order valence-corrected chi connectivity index (χ2v) is 6.33. The lowest BCUT2D eigenvalue weighted by molar-refractivity contribution is -0.137. The number of alkyl halides is 3. The van der Waals surface area contributed by atoms with Gasteiger partial charge in [-0.2, -0.15) is 13.2 Å². The van der Waals surface area contributed by atoms with Crippen LogP contribution in [-0.4, -0.2) is 47.1 Å². The number of halogens is 5. The number of hydrogen-bond donors (Lipinski definition) is 1. The number of oxime groups is 1. The van der Waals surface area contributed by atoms with Crippen molar-refractivity contribution in [3.63, 3.8) is 0 Å². The Hall–Kier alpha value is -2.55. The van der Waals surface area contributed by atoms with Crippen LogP contribution in [0, 0.1) is 5.82 Å². The van der Waals surface area contributed by atoms with Crippen molar-refractivity contribution in [3.8, 4) is 0 Å². The summed E-state index contributed by atoms with van der Waals surface area (Å²) >= 11 is 5.94. The maximum absolute atomic E-state index is 13.0. The molecule has 2 aromatic rings. The number of benzene rings is 1. The van der Waals surface area contributed by atoms with E-state index in [2.05, 4.69) is 10.1 Å². The van der Waals surface area contributed by atoms with Crippen LogP contribution < -0.4 is 4.90 Å². The lowest BCUT2D eigenvalue weighted by atomic mass is 10.2. The second-order valence-electron chi connectivity index (χ2n) is 5.93. The van der Waals surface area contributed by atoms with Gasteiger partial charge in [-0.05, 0) is 30.3 Å². The van der Waals surface area contributed by atoms with Crippen LogP contribution in [0.5, 0.6) is 0 Å². The topological polar surface area (TPSA) is 52.0 Å². The Labute approximate surface area is 157 Å². The molecular formula is C17H15ClF4N4O. The standard InChI is InChI=1S/C17H15ClF4N4O/c18-14-9-11(17(20,21)22)10-23-15(14)16(24-27)26-7-5-25(6-8-26)13-3-1-12(19)2-4-13/h1-4,9-10,27H,5-8H2/b24-16+. The first-order valence-electron chi connectivity index (χ1n) is 8.00. The third kappa shape index (κ3) is 4.24. The summed E-state index contributed by atoms with van der Waals surface area (Å²) in [5.41, 5.74) is -0.152. The van der Waals surface area contributed by atoms with E-state index in [1.165, 1.54) is 12.1 Å². The summed E-state index contributed by atoms with van der Waals surface area (Å²) in [7, 11) is 0. The van der Waals surface area contributed by atoms with Gasteiger partial charge in [-0.1, -0.05) is 16.8 Å². The summed E-state index contributed by atoms with van der Waals surface area (Å²) < 4.78 is 51.3. The van der Waals surface area contributed by atoms with E-state index in [-0.39, 0.29) is 22.4 Å². The van der Waals surface area contributed by atoms with E-state index in [1.807, 2.05) is 4.90 Å². The zero-order chi connectivity index (χ0) is 19.6. The van der Waals surface area contributed by atoms with Crippen molar-refractivity contribution in [2.45, 2.75) is 6.18 Å². The van der Waals surface area contributed by atoms with Crippen molar-refractivity contribution in [2.75, 3.05) is 31.1 Å². The highest BCUT2D eigenvalue weighted by Crippen LogP contribution is 2.31. The molecule has 27 heavy (non-hydrogen) atoms. The van der Waals surface area contributed by atoms with Gasteiger partial charge in [0, 0.05) is 38.1 Å². The van der Waals surface area contributed by atoms with Crippen molar-refractivity contribution in [1.29, 1.82) is 0 Å². The monoisotopic (exact) mass is 402 g/mol. The fourth-order valence-corrected chi connectivity index (χ4v) is 3.10. The maximum Gasteiger partial charge on any atom is 0.417 e. The molecule has 3 rings (SSSR count). The van der Waals surface area contributed by atoms with Gasteiger partial charge in [-0.25, -0.2) is 4.39 Å². The Morgan fingerprint density at radius 2 is 1.74 bits per heavy atom. The molecule has 1 aromatic heterocycles. The molecule has 1 aliphatic heterocycles. The number of rotatable bonds is 2. The number of hydrogen-bond acceptors (Lipinski definition) is 4. The minimum Gasteiger partial charge on any atom is -0.409 e. The van der Waals surface area contributed by atoms with Gasteiger partial charge in [0.25, 0.3) is 0 Å². The highest BCUT2D eigenvalue weighted by molar-refractivity contribution is 6.33. The summed E-state index contributed by atoms with van der Waals surface area (Å²) in [5.74, 6) is -0.317. The summed E-state index contributed by atoms with van der Waals surface area (Å²) in [6, 6.07) is 6.83. The lowest BCUT2D eigenvalue weighted by Crippen LogP contribution is -2.49. The maximum atomic E-state index is 13.0. The fourth-order valence-electron chi connectivity index (χ4n) is 2.85. The molecular weight excluding hydrogens is 388 g/mol. The molecule has 10 heteroatoms. The first kappa shape index (κ1) is 19.2. The molecule has 1 aromatic carbocycles. The molecule has 5 nitrogen and oxygen atoms in total. The predicted molar refractivity (Wildman–Crippen MR) is 92.8 cm³/mol. The van der Waals surface area contributed by atoms with Gasteiger partial charge < -0.3 is 15.0 Å². The van der Waals surface area contributed by atoms with Gasteiger partial charge in [0.05, 0.1) is 10.6 Å². The van der Waals surface area contributed by atoms with Crippen LogP contribution >= 0.6 is 11.6 Å². The Morgan fingerprint density at radius 3 is 2.26 bits per heavy atom. The first-order valence-corrected chi connectivity index (χ1v) is 8.38. The third-order valence-corrected chi connectivity index (χ3v) is 4.53. The smallest absolute Gasteiger partial charge is 0.409 e. The molecule has 0 aliphatic carbocycles. The summed E-state index contributed by atoms with van der Waals surface area (Å²) in [6.45, 7) is 1.94. The van der Waals surface area contributed by atoms with Crippen LogP contribution in [0.4, 0.5) is 23.2 Å². The first-order chi connectivity index (χ1) is 12.8. The van der Waals surface area contributed by atoms with Crippen LogP contribution in [0.15, 0.2) is 41.7 Å². The molecule has 0 radical (unpaired) electrons. The molecule has 144 valence electrons. The van der Waals surface area contributed by atoms with Gasteiger partial charge in [0.1, 0.15) is 11.5 Å². The number of pyridine rings is 1. The Kier molecular flexibility index (Phi) is 5.41. The molecule has 1 fully saturated rings. The largest absolute Gasteiger partial charge is 0.417 e. The van der Waals surface area contributed by atoms with Gasteiger partial charge in [0.15, 0.2) is 5.84 Å². The van der Waals surface area contributed by atoms with Crippen LogP contribution in [0.1, 0.15) is 11.3 Å². The zero-order valence-corrected chi connectivity index (χ0v) is 14.7. The number of aromatic nitrogens is 1. The molecule has 0 spiro atoms. The highest BCUT2D eigenvalue weighted by atomic mass is 35.5. The fraction of sp³-hybridized carbons (Fsp3) is 0.294. The molecule has 0 unspecified atom stereocenters. The summed E-state index contributed by atoms with van der Waals surface area (Å²) in [6.07, 6.45) is -3.91. The second kappa shape index (κ2) is 7.59. The molecule has 0 saturated carbocycles. The normalized spacial score (nSPS) is 16.0. The minimum atomic E-state index is -4.56. The summed E-state index contributed by atoms with van der Waals surface area (Å²) in [5, 5.41) is 12.3. The van der Waals surface area contributed by atoms with Crippen molar-refractivity contribution < 1.29 is 22.8 Å². The van der Waals surface area contributed by atoms with Gasteiger partial charge in [-0.3, -0.25) is 4.98 Å². The SMILES string of the molecule is O/N=C(\c1ncc(C(F)(F)F)cc1Cl)N1CCN(c2ccc(F)cc2)CC1. The molecule has 1 saturated heterocycles. The lowest BCUT2D eigenvalue weighted by Gasteiger charge is -2.37. The van der Waals surface area contributed by atoms with E-state index >= 15 is 0 Å². The minimum absolute atomic E-state index is 0.00693. The number of nitrogens with zero attached hydrogens (tertiary/aromatic N) is 4. The van der Waals surface area contributed by atoms with Crippen LogP contribution in [0.2, 0.25) is 5.02 Å². The Balaban J connectivity index is 1.73. The van der Waals surface area contributed by atoms with Gasteiger partial charge in [0.2, 0.25) is 0 Å². The van der Waals surface area contributed by atoms with Crippen molar-refractivity contribution >= 4 is 23.1 Å². The van der Waals surface area contributed by atoms with E-state index in [1.54, 1.807) is 17.0 Å². The molecule has 0 amide bonds. The van der Waals surface area contributed by atoms with Crippen molar-refractivity contribution in [1.82, 2.24) is 9.88 Å². The number of anilines is 1. The molecule has 1 aliphatic rings. The van der Waals surface area contributed by atoms with Gasteiger partial charge >= 0.3 is 6.18 Å². The number of amidine groups is 1. The van der Waals surface area contributed by atoms with Gasteiger partial charge in [-0.15, -0.1) is 0 Å². The van der Waals surface area contributed by atoms with E-state index < -0.39 is 11.7 Å². The summed E-state index contributed by atoms with van der Waals surface area (Å²) in [4.78, 5) is 7.44. The highest BCUT2D eigenvalue weighted by Gasteiger charge is 2.32. The van der Waals surface area contributed by atoms with Crippen LogP contribution in [0.25, 0.3) is 0 Å². The molecule has 0 atom stereocenters. The van der Waals surface area contributed by atoms with Crippen molar-refractivity contribution in [2.24, 2.45) is 5.16 Å². The Morgan fingerprint density at radius 1 is 1.11 bits per heavy atom. The van der Waals surface area contributed by atoms with E-state index in [0.717, 1.165) is 11.8 Å². The zero-order valence-electron chi connectivity index (χ0n) is 13.9. The molecule has 2 heterocycles. The molecule has 1 N–H and O–H groups in total. The third-order valence-electron chi connectivity index (χ3n) is 4.25. The van der Waals surface area contributed by atoms with E-state index in [9.17, 15) is 22.8 Å². The Bertz CT molecular complexity index is 834. The van der Waals surface area contributed by atoms with Crippen molar-refractivity contribution in [3.05, 3.63) is 58.6 Å². The van der Waals surface area contributed by atoms with E-state index in [4.69, 9.17) is 11.6 Å². The average molecular weight is 403 g/mol. The molecule has 0 bridgehead atoms. The predicted octanol–water partition coefficient (Wildman–Crippen LogP) is 3.85. The average Bonchev–Trinajstić information content (AvgIpc) is 2.64.